The molecule has 0 aliphatic rings. The summed E-state index contributed by atoms with van der Waals surface area (Å²) >= 11 is 0. The van der Waals surface area contributed by atoms with Crippen molar-refractivity contribution in [3.8, 4) is 6.01 Å². The molecule has 144 valence electrons. The van der Waals surface area contributed by atoms with E-state index in [1.54, 1.807) is 31.2 Å². The minimum absolute atomic E-state index is 0.0321. The normalized spacial score (nSPS) is 11.5. The smallest absolute Gasteiger partial charge is 0.413 e. The van der Waals surface area contributed by atoms with Crippen LogP contribution in [-0.4, -0.2) is 16.1 Å². The monoisotopic (exact) mass is 385 g/mol. The van der Waals surface area contributed by atoms with Gasteiger partial charge in [0.2, 0.25) is 0 Å². The lowest BCUT2D eigenvalue weighted by Gasteiger charge is -2.14. The van der Waals surface area contributed by atoms with Crippen molar-refractivity contribution in [1.29, 1.82) is 0 Å². The highest BCUT2D eigenvalue weighted by Crippen LogP contribution is 2.21. The molecule has 0 aliphatic heterocycles. The Labute approximate surface area is 160 Å². The first-order chi connectivity index (χ1) is 13.5. The van der Waals surface area contributed by atoms with Gasteiger partial charge in [-0.05, 0) is 30.2 Å². The van der Waals surface area contributed by atoms with Gasteiger partial charge >= 0.3 is 12.1 Å². The number of hydrogen-bond donors (Lipinski definition) is 1. The first-order valence-corrected chi connectivity index (χ1v) is 8.43. The summed E-state index contributed by atoms with van der Waals surface area (Å²) in [6, 6.07) is 14.6. The van der Waals surface area contributed by atoms with E-state index in [1.807, 2.05) is 18.2 Å². The fourth-order valence-corrected chi connectivity index (χ4v) is 2.31. The third-order valence-corrected chi connectivity index (χ3v) is 3.78. The van der Waals surface area contributed by atoms with Crippen LogP contribution in [0.15, 0.2) is 60.8 Å². The second-order valence-electron chi connectivity index (χ2n) is 5.85. The number of rotatable bonds is 6. The van der Waals surface area contributed by atoms with Crippen molar-refractivity contribution in [1.82, 2.24) is 9.97 Å². The molecule has 3 rings (SSSR count). The zero-order chi connectivity index (χ0) is 19.9. The summed E-state index contributed by atoms with van der Waals surface area (Å²) in [6.07, 6.45) is -0.491. The average Bonchev–Trinajstić information content (AvgIpc) is 2.70. The van der Waals surface area contributed by atoms with E-state index in [-0.39, 0.29) is 24.3 Å². The fourth-order valence-electron chi connectivity index (χ4n) is 2.31. The molecule has 6 nitrogen and oxygen atoms in total. The van der Waals surface area contributed by atoms with Crippen molar-refractivity contribution in [2.45, 2.75) is 19.6 Å². The highest BCUT2D eigenvalue weighted by atomic mass is 19.1. The lowest BCUT2D eigenvalue weighted by Crippen LogP contribution is -2.16. The van der Waals surface area contributed by atoms with Crippen LogP contribution in [0.5, 0.6) is 6.01 Å². The standard InChI is InChI=1S/C20H17F2N3O3/c1-13(15-7-9-16(21)10-8-15)28-19-23-11-17(22)18(24-19)25-20(26)27-12-14-5-3-2-4-6-14/h2-11,13H,12H2,1H3,(H,23,24,25,26). The SMILES string of the molecule is CC(Oc1ncc(F)c(NC(=O)OCc2ccccc2)n1)c1ccc(F)cc1. The maximum atomic E-state index is 13.9. The number of carbonyl (C=O) groups excluding carboxylic acids is 1. The number of halogens is 2. The fraction of sp³-hybridized carbons (Fsp3) is 0.150. The Kier molecular flexibility index (Phi) is 6.11. The Bertz CT molecular complexity index is 937. The van der Waals surface area contributed by atoms with Crippen molar-refractivity contribution in [2.75, 3.05) is 5.32 Å². The minimum Gasteiger partial charge on any atom is -0.456 e. The lowest BCUT2D eigenvalue weighted by molar-refractivity contribution is 0.155. The molecule has 1 heterocycles. The summed E-state index contributed by atoms with van der Waals surface area (Å²) in [6.45, 7) is 1.74. The topological polar surface area (TPSA) is 73.3 Å². The van der Waals surface area contributed by atoms with Crippen LogP contribution >= 0.6 is 0 Å². The largest absolute Gasteiger partial charge is 0.456 e. The molecule has 0 bridgehead atoms. The van der Waals surface area contributed by atoms with Gasteiger partial charge in [0.05, 0.1) is 6.20 Å². The van der Waals surface area contributed by atoms with Crippen molar-refractivity contribution in [3.05, 3.63) is 83.6 Å². The van der Waals surface area contributed by atoms with E-state index in [0.29, 0.717) is 5.56 Å². The first-order valence-electron chi connectivity index (χ1n) is 8.43. The van der Waals surface area contributed by atoms with Crippen LogP contribution in [0.25, 0.3) is 0 Å². The van der Waals surface area contributed by atoms with E-state index < -0.39 is 18.0 Å². The summed E-state index contributed by atoms with van der Waals surface area (Å²) in [5.74, 6) is -1.57. The molecule has 3 aromatic rings. The summed E-state index contributed by atoms with van der Waals surface area (Å²) < 4.78 is 37.5. The highest BCUT2D eigenvalue weighted by Gasteiger charge is 2.15. The molecule has 0 aliphatic carbocycles. The summed E-state index contributed by atoms with van der Waals surface area (Å²) in [5.41, 5.74) is 1.48. The Morgan fingerprint density at radius 2 is 1.82 bits per heavy atom. The van der Waals surface area contributed by atoms with E-state index >= 15 is 0 Å². The quantitative estimate of drug-likeness (QED) is 0.669. The molecular weight excluding hydrogens is 368 g/mol. The number of ether oxygens (including phenoxy) is 2. The number of nitrogens with one attached hydrogen (secondary N) is 1. The molecular formula is C20H17F2N3O3. The maximum Gasteiger partial charge on any atom is 0.413 e. The second kappa shape index (κ2) is 8.90. The van der Waals surface area contributed by atoms with Crippen LogP contribution in [0.3, 0.4) is 0 Å². The molecule has 1 N–H and O–H groups in total. The van der Waals surface area contributed by atoms with E-state index in [1.165, 1.54) is 12.1 Å². The van der Waals surface area contributed by atoms with Gasteiger partial charge in [-0.3, -0.25) is 5.32 Å². The van der Waals surface area contributed by atoms with Crippen LogP contribution in [0, 0.1) is 11.6 Å². The summed E-state index contributed by atoms with van der Waals surface area (Å²) in [4.78, 5) is 19.5. The van der Waals surface area contributed by atoms with Gasteiger partial charge < -0.3 is 9.47 Å². The van der Waals surface area contributed by atoms with Crippen molar-refractivity contribution in [2.24, 2.45) is 0 Å². The van der Waals surface area contributed by atoms with Crippen LogP contribution in [0.4, 0.5) is 19.4 Å². The van der Waals surface area contributed by atoms with Gasteiger partial charge in [-0.1, -0.05) is 42.5 Å². The zero-order valence-corrected chi connectivity index (χ0v) is 14.9. The molecule has 1 atom stereocenters. The van der Waals surface area contributed by atoms with Gasteiger partial charge in [-0.2, -0.15) is 4.98 Å². The van der Waals surface area contributed by atoms with Gasteiger partial charge in [0.1, 0.15) is 18.5 Å². The molecule has 2 aromatic carbocycles. The van der Waals surface area contributed by atoms with Gasteiger partial charge in [0, 0.05) is 0 Å². The third-order valence-electron chi connectivity index (χ3n) is 3.78. The van der Waals surface area contributed by atoms with Crippen LogP contribution < -0.4 is 10.1 Å². The molecule has 8 heteroatoms. The molecule has 0 radical (unpaired) electrons. The van der Waals surface area contributed by atoms with Crippen LogP contribution in [0.1, 0.15) is 24.2 Å². The predicted octanol–water partition coefficient (Wildman–Crippen LogP) is 4.64. The molecule has 1 amide bonds. The second-order valence-corrected chi connectivity index (χ2v) is 5.85. The summed E-state index contributed by atoms with van der Waals surface area (Å²) in [5, 5.41) is 2.22. The molecule has 0 saturated carbocycles. The van der Waals surface area contributed by atoms with Crippen LogP contribution in [0.2, 0.25) is 0 Å². The van der Waals surface area contributed by atoms with Crippen molar-refractivity contribution >= 4 is 11.9 Å². The van der Waals surface area contributed by atoms with Crippen molar-refractivity contribution < 1.29 is 23.0 Å². The van der Waals surface area contributed by atoms with E-state index in [0.717, 1.165) is 11.8 Å². The number of aromatic nitrogens is 2. The molecule has 1 unspecified atom stereocenters. The van der Waals surface area contributed by atoms with Gasteiger partial charge in [0.15, 0.2) is 11.6 Å². The first kappa shape index (κ1) is 19.2. The van der Waals surface area contributed by atoms with E-state index in [9.17, 15) is 13.6 Å². The Morgan fingerprint density at radius 1 is 1.11 bits per heavy atom. The van der Waals surface area contributed by atoms with Gasteiger partial charge in [-0.25, -0.2) is 18.6 Å². The number of amides is 1. The molecule has 0 spiro atoms. The number of carbonyl (C=O) groups is 1. The number of benzene rings is 2. The Balaban J connectivity index is 1.62. The predicted molar refractivity (Wildman–Crippen MR) is 97.7 cm³/mol. The molecule has 28 heavy (non-hydrogen) atoms. The Hall–Kier alpha value is -3.55. The Morgan fingerprint density at radius 3 is 2.54 bits per heavy atom. The highest BCUT2D eigenvalue weighted by molar-refractivity contribution is 5.83. The summed E-state index contributed by atoms with van der Waals surface area (Å²) in [7, 11) is 0. The van der Waals surface area contributed by atoms with Gasteiger partial charge in [-0.15, -0.1) is 0 Å². The van der Waals surface area contributed by atoms with E-state index in [4.69, 9.17) is 9.47 Å². The molecule has 0 saturated heterocycles. The molecule has 1 aromatic heterocycles. The van der Waals surface area contributed by atoms with Crippen molar-refractivity contribution in [3.63, 3.8) is 0 Å². The molecule has 0 fully saturated rings. The number of hydrogen-bond acceptors (Lipinski definition) is 5. The lowest BCUT2D eigenvalue weighted by atomic mass is 10.1. The number of anilines is 1. The van der Waals surface area contributed by atoms with E-state index in [2.05, 4.69) is 15.3 Å². The minimum atomic E-state index is -0.862. The average molecular weight is 385 g/mol. The van der Waals surface area contributed by atoms with Crippen LogP contribution in [-0.2, 0) is 11.3 Å². The maximum absolute atomic E-state index is 13.9. The number of nitrogens with zero attached hydrogens (tertiary/aromatic N) is 2. The van der Waals surface area contributed by atoms with Gasteiger partial charge in [0.25, 0.3) is 0 Å². The zero-order valence-electron chi connectivity index (χ0n) is 14.9. The third kappa shape index (κ3) is 5.23.